The van der Waals surface area contributed by atoms with E-state index in [0.717, 1.165) is 47.9 Å². The molecule has 214 valence electrons. The maximum absolute atomic E-state index is 6.82. The van der Waals surface area contributed by atoms with Gasteiger partial charge in [-0.25, -0.2) is 0 Å². The lowest BCUT2D eigenvalue weighted by Crippen LogP contribution is -2.35. The van der Waals surface area contributed by atoms with Crippen LogP contribution < -0.4 is 4.74 Å². The second kappa shape index (κ2) is 14.7. The van der Waals surface area contributed by atoms with Gasteiger partial charge in [-0.3, -0.25) is 0 Å². The number of rotatable bonds is 12. The summed E-state index contributed by atoms with van der Waals surface area (Å²) in [5, 5.41) is 0.645. The average Bonchev–Trinajstić information content (AvgIpc) is 3.02. The molecule has 4 nitrogen and oxygen atoms in total. The van der Waals surface area contributed by atoms with E-state index in [0.29, 0.717) is 30.6 Å². The number of ether oxygens (including phenoxy) is 4. The summed E-state index contributed by atoms with van der Waals surface area (Å²) in [6.45, 7) is 3.79. The van der Waals surface area contributed by atoms with Gasteiger partial charge in [0.05, 0.1) is 50.3 Å². The SMILES string of the molecule is CCc1ccc(Cc2cc(C3CC(OCc4ccccc4)CC(COCc4ccccc4)O3)cc(OC)c2Cl)cc1. The molecule has 0 radical (unpaired) electrons. The maximum atomic E-state index is 6.82. The summed E-state index contributed by atoms with van der Waals surface area (Å²) in [4.78, 5) is 0. The van der Waals surface area contributed by atoms with Crippen LogP contribution in [-0.2, 0) is 40.3 Å². The Hall–Kier alpha value is -3.15. The molecule has 3 unspecified atom stereocenters. The predicted molar refractivity (Wildman–Crippen MR) is 165 cm³/mol. The molecular weight excluding hydrogens is 532 g/mol. The van der Waals surface area contributed by atoms with Crippen molar-refractivity contribution in [3.05, 3.63) is 135 Å². The smallest absolute Gasteiger partial charge is 0.138 e. The number of methoxy groups -OCH3 is 1. The zero-order chi connectivity index (χ0) is 28.4. The zero-order valence-corrected chi connectivity index (χ0v) is 24.7. The van der Waals surface area contributed by atoms with E-state index in [1.54, 1.807) is 7.11 Å². The molecule has 0 bridgehead atoms. The van der Waals surface area contributed by atoms with Crippen LogP contribution in [0.1, 0.15) is 59.3 Å². The minimum absolute atomic E-state index is 0.0333. The number of hydrogen-bond acceptors (Lipinski definition) is 4. The maximum Gasteiger partial charge on any atom is 0.138 e. The van der Waals surface area contributed by atoms with Crippen molar-refractivity contribution in [3.8, 4) is 5.75 Å². The summed E-state index contributed by atoms with van der Waals surface area (Å²) in [5.74, 6) is 0.664. The molecule has 0 N–H and O–H groups in total. The van der Waals surface area contributed by atoms with Gasteiger partial charge in [0.15, 0.2) is 0 Å². The van der Waals surface area contributed by atoms with Crippen LogP contribution >= 0.6 is 11.6 Å². The number of halogens is 1. The summed E-state index contributed by atoms with van der Waals surface area (Å²) < 4.78 is 24.9. The monoisotopic (exact) mass is 570 g/mol. The first-order valence-electron chi connectivity index (χ1n) is 14.5. The molecule has 1 aliphatic rings. The van der Waals surface area contributed by atoms with Crippen LogP contribution in [0.15, 0.2) is 97.1 Å². The molecule has 0 aliphatic carbocycles. The highest BCUT2D eigenvalue weighted by Crippen LogP contribution is 2.39. The highest BCUT2D eigenvalue weighted by atomic mass is 35.5. The van der Waals surface area contributed by atoms with Gasteiger partial charge in [0.25, 0.3) is 0 Å². The lowest BCUT2D eigenvalue weighted by Gasteiger charge is -2.36. The summed E-state index contributed by atoms with van der Waals surface area (Å²) >= 11 is 6.82. The molecule has 0 saturated carbocycles. The van der Waals surface area contributed by atoms with Crippen LogP contribution in [0, 0.1) is 0 Å². The molecule has 4 aromatic rings. The van der Waals surface area contributed by atoms with E-state index in [1.165, 1.54) is 11.1 Å². The fraction of sp³-hybridized carbons (Fsp3) is 0.333. The minimum Gasteiger partial charge on any atom is -0.495 e. The third-order valence-electron chi connectivity index (χ3n) is 7.66. The topological polar surface area (TPSA) is 36.9 Å². The highest BCUT2D eigenvalue weighted by molar-refractivity contribution is 6.32. The molecular formula is C36H39ClO4. The van der Waals surface area contributed by atoms with E-state index < -0.39 is 0 Å². The normalized spacial score (nSPS) is 18.8. The van der Waals surface area contributed by atoms with E-state index >= 15 is 0 Å². The van der Waals surface area contributed by atoms with Crippen molar-refractivity contribution in [2.75, 3.05) is 13.7 Å². The third-order valence-corrected chi connectivity index (χ3v) is 8.09. The van der Waals surface area contributed by atoms with E-state index in [1.807, 2.05) is 42.5 Å². The largest absolute Gasteiger partial charge is 0.495 e. The first-order valence-corrected chi connectivity index (χ1v) is 14.9. The van der Waals surface area contributed by atoms with Crippen molar-refractivity contribution in [2.45, 2.75) is 64.1 Å². The fourth-order valence-electron chi connectivity index (χ4n) is 5.36. The minimum atomic E-state index is -0.165. The van der Waals surface area contributed by atoms with Gasteiger partial charge in [-0.05, 0) is 52.3 Å². The Morgan fingerprint density at radius 2 is 1.44 bits per heavy atom. The second-order valence-electron chi connectivity index (χ2n) is 10.7. The Morgan fingerprint density at radius 1 is 0.780 bits per heavy atom. The van der Waals surface area contributed by atoms with E-state index in [-0.39, 0.29) is 18.3 Å². The molecule has 5 rings (SSSR count). The van der Waals surface area contributed by atoms with Gasteiger partial charge in [0.2, 0.25) is 0 Å². The molecule has 1 fully saturated rings. The Bertz CT molecular complexity index is 1360. The summed E-state index contributed by atoms with van der Waals surface area (Å²) in [5.41, 5.74) is 6.92. The van der Waals surface area contributed by atoms with Gasteiger partial charge >= 0.3 is 0 Å². The third kappa shape index (κ3) is 8.21. The zero-order valence-electron chi connectivity index (χ0n) is 23.9. The first-order chi connectivity index (χ1) is 20.1. The molecule has 5 heteroatoms. The van der Waals surface area contributed by atoms with Crippen molar-refractivity contribution in [2.24, 2.45) is 0 Å². The van der Waals surface area contributed by atoms with Crippen LogP contribution in [0.4, 0.5) is 0 Å². The summed E-state index contributed by atoms with van der Waals surface area (Å²) in [7, 11) is 1.67. The van der Waals surface area contributed by atoms with Gasteiger partial charge in [0, 0.05) is 12.8 Å². The molecule has 1 aliphatic heterocycles. The van der Waals surface area contributed by atoms with E-state index in [4.69, 9.17) is 30.5 Å². The van der Waals surface area contributed by atoms with E-state index in [9.17, 15) is 0 Å². The summed E-state index contributed by atoms with van der Waals surface area (Å²) in [6.07, 6.45) is 3.04. The molecule has 0 aromatic heterocycles. The van der Waals surface area contributed by atoms with Crippen molar-refractivity contribution in [1.29, 1.82) is 0 Å². The predicted octanol–water partition coefficient (Wildman–Crippen LogP) is 8.52. The highest BCUT2D eigenvalue weighted by Gasteiger charge is 2.32. The van der Waals surface area contributed by atoms with Gasteiger partial charge in [-0.2, -0.15) is 0 Å². The molecule has 0 spiro atoms. The Kier molecular flexibility index (Phi) is 10.5. The molecule has 0 amide bonds. The first kappa shape index (κ1) is 29.3. The van der Waals surface area contributed by atoms with Gasteiger partial charge < -0.3 is 18.9 Å². The van der Waals surface area contributed by atoms with Crippen molar-refractivity contribution >= 4 is 11.6 Å². The number of benzene rings is 4. The van der Waals surface area contributed by atoms with Crippen LogP contribution in [-0.4, -0.2) is 25.9 Å². The average molecular weight is 571 g/mol. The van der Waals surface area contributed by atoms with Crippen molar-refractivity contribution in [1.82, 2.24) is 0 Å². The molecule has 4 aromatic carbocycles. The Labute approximate surface area is 249 Å². The summed E-state index contributed by atoms with van der Waals surface area (Å²) in [6, 6.07) is 33.5. The standard InChI is InChI=1S/C36H39ClO4/c1-3-26-14-16-27(17-15-26)18-31-19-30(20-35(38-2)36(31)37)34-22-32(40-24-29-12-8-5-9-13-29)21-33(41-34)25-39-23-28-10-6-4-7-11-28/h4-17,19-20,32-34H,3,18,21-25H2,1-2H3. The lowest BCUT2D eigenvalue weighted by molar-refractivity contribution is -0.142. The molecule has 1 saturated heterocycles. The van der Waals surface area contributed by atoms with Crippen molar-refractivity contribution in [3.63, 3.8) is 0 Å². The van der Waals surface area contributed by atoms with Crippen LogP contribution in [0.25, 0.3) is 0 Å². The fourth-order valence-corrected chi connectivity index (χ4v) is 5.61. The lowest BCUT2D eigenvalue weighted by atomic mass is 9.93. The Balaban J connectivity index is 1.34. The van der Waals surface area contributed by atoms with Gasteiger partial charge in [-0.1, -0.05) is 110 Å². The molecule has 1 heterocycles. The van der Waals surface area contributed by atoms with Gasteiger partial charge in [0.1, 0.15) is 5.75 Å². The quantitative estimate of drug-likeness (QED) is 0.171. The second-order valence-corrected chi connectivity index (χ2v) is 11.1. The van der Waals surface area contributed by atoms with Crippen molar-refractivity contribution < 1.29 is 18.9 Å². The van der Waals surface area contributed by atoms with Crippen LogP contribution in [0.3, 0.4) is 0 Å². The molecule has 3 atom stereocenters. The van der Waals surface area contributed by atoms with Gasteiger partial charge in [-0.15, -0.1) is 0 Å². The van der Waals surface area contributed by atoms with E-state index in [2.05, 4.69) is 61.5 Å². The number of hydrogen-bond donors (Lipinski definition) is 0. The number of aryl methyl sites for hydroxylation is 1. The van der Waals surface area contributed by atoms with Crippen LogP contribution in [0.5, 0.6) is 5.75 Å². The van der Waals surface area contributed by atoms with Crippen LogP contribution in [0.2, 0.25) is 5.02 Å². The molecule has 41 heavy (non-hydrogen) atoms. The Morgan fingerprint density at radius 3 is 2.10 bits per heavy atom.